The van der Waals surface area contributed by atoms with Gasteiger partial charge in [-0.2, -0.15) is 10.2 Å². The predicted octanol–water partition coefficient (Wildman–Crippen LogP) is 5.44. The molecular weight excluding hydrogens is 458 g/mol. The van der Waals surface area contributed by atoms with E-state index >= 15 is 0 Å². The summed E-state index contributed by atoms with van der Waals surface area (Å²) < 4.78 is 7.28. The van der Waals surface area contributed by atoms with Crippen molar-refractivity contribution in [2.45, 2.75) is 18.8 Å². The fourth-order valence-electron chi connectivity index (χ4n) is 4.41. The third-order valence-corrected chi connectivity index (χ3v) is 7.17. The summed E-state index contributed by atoms with van der Waals surface area (Å²) in [5.41, 5.74) is 5.75. The zero-order valence-corrected chi connectivity index (χ0v) is 20.1. The van der Waals surface area contributed by atoms with E-state index < -0.39 is 11.0 Å². The third kappa shape index (κ3) is 3.57. The largest absolute Gasteiger partial charge is 0.461 e. The molecule has 0 amide bonds. The Morgan fingerprint density at radius 1 is 1.06 bits per heavy atom. The van der Waals surface area contributed by atoms with Crippen molar-refractivity contribution in [3.05, 3.63) is 96.2 Å². The molecule has 8 heteroatoms. The van der Waals surface area contributed by atoms with Gasteiger partial charge in [-0.3, -0.25) is 0 Å². The smallest absolute Gasteiger partial charge is 0.365 e. The molecule has 1 N–H and O–H groups in total. The SMILES string of the molecule is CCOC(=O)C1=NN(c2ccc(C)cc2)C2(C=C(c3ccccc3)n3ncc4cccc(c43)N2)S1. The van der Waals surface area contributed by atoms with Gasteiger partial charge in [-0.05, 0) is 43.8 Å². The second-order valence-electron chi connectivity index (χ2n) is 8.39. The number of para-hydroxylation sites is 1. The van der Waals surface area contributed by atoms with Gasteiger partial charge in [0.25, 0.3) is 0 Å². The summed E-state index contributed by atoms with van der Waals surface area (Å²) in [5.74, 6) is -0.442. The van der Waals surface area contributed by atoms with Crippen LogP contribution >= 0.6 is 11.8 Å². The fourth-order valence-corrected chi connectivity index (χ4v) is 5.53. The lowest BCUT2D eigenvalue weighted by Gasteiger charge is -2.35. The Hall–Kier alpha value is -4.04. The van der Waals surface area contributed by atoms with E-state index in [-0.39, 0.29) is 11.7 Å². The molecule has 1 aromatic heterocycles. The average molecular weight is 482 g/mol. The van der Waals surface area contributed by atoms with Crippen LogP contribution in [-0.4, -0.2) is 32.4 Å². The number of benzene rings is 3. The average Bonchev–Trinajstić information content (AvgIpc) is 3.43. The highest BCUT2D eigenvalue weighted by Gasteiger charge is 2.48. The van der Waals surface area contributed by atoms with Crippen molar-refractivity contribution in [1.29, 1.82) is 0 Å². The van der Waals surface area contributed by atoms with Gasteiger partial charge in [0.1, 0.15) is 0 Å². The van der Waals surface area contributed by atoms with Crippen molar-refractivity contribution in [2.24, 2.45) is 5.10 Å². The van der Waals surface area contributed by atoms with Gasteiger partial charge in [-0.1, -0.05) is 60.2 Å². The van der Waals surface area contributed by atoms with Crippen molar-refractivity contribution < 1.29 is 9.53 Å². The number of rotatable bonds is 4. The summed E-state index contributed by atoms with van der Waals surface area (Å²) >= 11 is 1.33. The molecule has 3 heterocycles. The maximum atomic E-state index is 12.8. The number of carbonyl (C=O) groups excluding carboxylic acids is 1. The normalized spacial score (nSPS) is 18.7. The van der Waals surface area contributed by atoms with Crippen LogP contribution in [0.15, 0.2) is 90.2 Å². The van der Waals surface area contributed by atoms with Gasteiger partial charge in [-0.25, -0.2) is 14.5 Å². The number of hydrogen-bond acceptors (Lipinski definition) is 7. The van der Waals surface area contributed by atoms with Crippen molar-refractivity contribution in [1.82, 2.24) is 9.78 Å². The molecule has 0 aliphatic carbocycles. The van der Waals surface area contributed by atoms with E-state index in [2.05, 4.69) is 23.5 Å². The van der Waals surface area contributed by atoms with Crippen LogP contribution in [0.2, 0.25) is 0 Å². The highest BCUT2D eigenvalue weighted by molar-refractivity contribution is 8.17. The number of esters is 1. The lowest BCUT2D eigenvalue weighted by molar-refractivity contribution is -0.134. The zero-order chi connectivity index (χ0) is 24.0. The molecule has 1 spiro atoms. The van der Waals surface area contributed by atoms with Gasteiger partial charge in [0.05, 0.1) is 35.4 Å². The second kappa shape index (κ2) is 8.32. The van der Waals surface area contributed by atoms with Gasteiger partial charge < -0.3 is 10.1 Å². The van der Waals surface area contributed by atoms with E-state index in [1.54, 1.807) is 6.92 Å². The monoisotopic (exact) mass is 481 g/mol. The molecule has 0 radical (unpaired) electrons. The molecule has 4 aromatic rings. The van der Waals surface area contributed by atoms with Crippen LogP contribution in [0.25, 0.3) is 16.6 Å². The van der Waals surface area contributed by atoms with E-state index in [1.807, 2.05) is 83.5 Å². The van der Waals surface area contributed by atoms with Crippen molar-refractivity contribution in [3.8, 4) is 0 Å². The Bertz CT molecular complexity index is 1490. The lowest BCUT2D eigenvalue weighted by Crippen LogP contribution is -2.45. The molecule has 0 bridgehead atoms. The van der Waals surface area contributed by atoms with E-state index in [4.69, 9.17) is 14.9 Å². The van der Waals surface area contributed by atoms with Gasteiger partial charge in [0, 0.05) is 17.0 Å². The number of hydrazone groups is 1. The number of anilines is 2. The van der Waals surface area contributed by atoms with Crippen molar-refractivity contribution in [3.63, 3.8) is 0 Å². The molecule has 174 valence electrons. The first kappa shape index (κ1) is 21.5. The van der Waals surface area contributed by atoms with Crippen LogP contribution in [0.4, 0.5) is 11.4 Å². The molecule has 0 fully saturated rings. The number of nitrogens with zero attached hydrogens (tertiary/aromatic N) is 4. The highest BCUT2D eigenvalue weighted by Crippen LogP contribution is 2.47. The molecule has 7 nitrogen and oxygen atoms in total. The van der Waals surface area contributed by atoms with Gasteiger partial charge in [0.15, 0.2) is 0 Å². The summed E-state index contributed by atoms with van der Waals surface area (Å²) in [6.07, 6.45) is 3.96. The summed E-state index contributed by atoms with van der Waals surface area (Å²) in [6, 6.07) is 24.3. The molecule has 2 aliphatic heterocycles. The van der Waals surface area contributed by atoms with Crippen molar-refractivity contribution >= 4 is 50.7 Å². The molecule has 0 saturated heterocycles. The summed E-state index contributed by atoms with van der Waals surface area (Å²) in [4.78, 5) is 11.9. The van der Waals surface area contributed by atoms with Crippen LogP contribution < -0.4 is 10.3 Å². The number of aromatic nitrogens is 2. The van der Waals surface area contributed by atoms with Gasteiger partial charge in [0.2, 0.25) is 10.0 Å². The van der Waals surface area contributed by atoms with E-state index in [0.717, 1.165) is 39.1 Å². The highest BCUT2D eigenvalue weighted by atomic mass is 32.2. The van der Waals surface area contributed by atoms with Gasteiger partial charge >= 0.3 is 5.97 Å². The quantitative estimate of drug-likeness (QED) is 0.391. The van der Waals surface area contributed by atoms with Crippen LogP contribution in [0.1, 0.15) is 18.1 Å². The minimum absolute atomic E-state index is 0.281. The zero-order valence-electron chi connectivity index (χ0n) is 19.3. The predicted molar refractivity (Wildman–Crippen MR) is 141 cm³/mol. The molecule has 3 aromatic carbocycles. The Labute approximate surface area is 207 Å². The van der Waals surface area contributed by atoms with E-state index in [9.17, 15) is 4.79 Å². The van der Waals surface area contributed by atoms with Gasteiger partial charge in [-0.15, -0.1) is 0 Å². The maximum Gasteiger partial charge on any atom is 0.365 e. The molecule has 0 saturated carbocycles. The third-order valence-electron chi connectivity index (χ3n) is 6.02. The van der Waals surface area contributed by atoms with Crippen LogP contribution in [0.5, 0.6) is 0 Å². The number of aryl methyl sites for hydroxylation is 1. The number of hydrogen-bond donors (Lipinski definition) is 1. The van der Waals surface area contributed by atoms with Crippen molar-refractivity contribution in [2.75, 3.05) is 16.9 Å². The first-order valence-corrected chi connectivity index (χ1v) is 12.2. The Morgan fingerprint density at radius 3 is 2.63 bits per heavy atom. The molecular formula is C27H23N5O2S. The topological polar surface area (TPSA) is 71.8 Å². The summed E-state index contributed by atoms with van der Waals surface area (Å²) in [6.45, 7) is 4.12. The number of ether oxygens (including phenoxy) is 1. The summed E-state index contributed by atoms with van der Waals surface area (Å²) in [7, 11) is 0. The lowest BCUT2D eigenvalue weighted by atomic mass is 10.1. The molecule has 2 aliphatic rings. The molecule has 1 atom stereocenters. The summed E-state index contributed by atoms with van der Waals surface area (Å²) in [5, 5.41) is 16.4. The van der Waals surface area contributed by atoms with Crippen LogP contribution in [0, 0.1) is 6.92 Å². The molecule has 6 rings (SSSR count). The minimum atomic E-state index is -0.933. The maximum absolute atomic E-state index is 12.8. The first-order valence-electron chi connectivity index (χ1n) is 11.4. The number of carbonyl (C=O) groups is 1. The number of thioether (sulfide) groups is 1. The Balaban J connectivity index is 1.60. The molecule has 35 heavy (non-hydrogen) atoms. The first-order chi connectivity index (χ1) is 17.1. The minimum Gasteiger partial charge on any atom is -0.461 e. The Morgan fingerprint density at radius 2 is 1.86 bits per heavy atom. The van der Waals surface area contributed by atoms with Crippen LogP contribution in [-0.2, 0) is 9.53 Å². The molecule has 1 unspecified atom stereocenters. The van der Waals surface area contributed by atoms with Crippen LogP contribution in [0.3, 0.4) is 0 Å². The number of nitrogens with one attached hydrogen (secondary N) is 1. The second-order valence-corrected chi connectivity index (χ2v) is 9.61. The van der Waals surface area contributed by atoms with E-state index in [0.29, 0.717) is 0 Å². The fraction of sp³-hybridized carbons (Fsp3) is 0.148. The van der Waals surface area contributed by atoms with E-state index in [1.165, 1.54) is 11.8 Å². The standard InChI is InChI=1S/C27H23N5O2S/c1-3-34-26(33)25-30-32(21-14-12-18(2)13-15-21)27(35-25)16-23(19-8-5-4-6-9-19)31-24-20(17-28-31)10-7-11-22(24)29-27/h4-17,29H,3H2,1-2H3. The Kier molecular flexibility index (Phi) is 5.11.